The summed E-state index contributed by atoms with van der Waals surface area (Å²) in [6.07, 6.45) is 0. The first-order chi connectivity index (χ1) is 9.01. The van der Waals surface area contributed by atoms with Gasteiger partial charge in [-0.05, 0) is 53.5 Å². The van der Waals surface area contributed by atoms with Crippen LogP contribution in [0.1, 0.15) is 23.4 Å². The molecule has 5 heteroatoms. The maximum Gasteiger partial charge on any atom is 0.143 e. The second-order valence-corrected chi connectivity index (χ2v) is 7.21. The van der Waals surface area contributed by atoms with E-state index in [2.05, 4.69) is 40.3 Å². The fourth-order valence-electron chi connectivity index (χ4n) is 1.81. The number of halogens is 2. The van der Waals surface area contributed by atoms with Crippen LogP contribution in [0.2, 0.25) is 5.02 Å². The van der Waals surface area contributed by atoms with E-state index in [0.717, 1.165) is 20.8 Å². The van der Waals surface area contributed by atoms with Crippen LogP contribution in [0, 0.1) is 6.92 Å². The number of ether oxygens (including phenoxy) is 1. The molecule has 1 N–H and O–H groups in total. The van der Waals surface area contributed by atoms with Crippen LogP contribution in [0.5, 0.6) is 5.75 Å². The van der Waals surface area contributed by atoms with Crippen LogP contribution in [-0.2, 0) is 0 Å². The van der Waals surface area contributed by atoms with Gasteiger partial charge in [-0.25, -0.2) is 0 Å². The topological polar surface area (TPSA) is 21.3 Å². The van der Waals surface area contributed by atoms with Gasteiger partial charge in [0.05, 0.1) is 22.6 Å². The summed E-state index contributed by atoms with van der Waals surface area (Å²) < 4.78 is 6.50. The van der Waals surface area contributed by atoms with Crippen LogP contribution in [-0.4, -0.2) is 7.11 Å². The molecule has 1 unspecified atom stereocenters. The van der Waals surface area contributed by atoms with Gasteiger partial charge in [0.25, 0.3) is 0 Å². The highest BCUT2D eigenvalue weighted by molar-refractivity contribution is 9.11. The molecule has 0 fully saturated rings. The first-order valence-corrected chi connectivity index (χ1v) is 7.86. The number of rotatable bonds is 4. The summed E-state index contributed by atoms with van der Waals surface area (Å²) in [6.45, 7) is 4.11. The molecular weight excluding hydrogens is 346 g/mol. The van der Waals surface area contributed by atoms with Crippen LogP contribution >= 0.6 is 38.9 Å². The molecule has 0 aliphatic carbocycles. The molecule has 1 heterocycles. The van der Waals surface area contributed by atoms with Gasteiger partial charge in [0.15, 0.2) is 0 Å². The number of aryl methyl sites for hydroxylation is 1. The lowest BCUT2D eigenvalue weighted by molar-refractivity contribution is 0.416. The molecule has 102 valence electrons. The van der Waals surface area contributed by atoms with Crippen LogP contribution < -0.4 is 10.1 Å². The van der Waals surface area contributed by atoms with Crippen LogP contribution in [0.15, 0.2) is 28.1 Å². The molecule has 0 amide bonds. The van der Waals surface area contributed by atoms with Crippen LogP contribution in [0.25, 0.3) is 0 Å². The predicted octanol–water partition coefficient (Wildman–Crippen LogP) is 5.65. The summed E-state index contributed by atoms with van der Waals surface area (Å²) in [5, 5.41) is 4.18. The summed E-state index contributed by atoms with van der Waals surface area (Å²) >= 11 is 11.3. The first kappa shape index (κ1) is 14.7. The smallest absolute Gasteiger partial charge is 0.143 e. The molecule has 0 aliphatic rings. The molecule has 2 rings (SSSR count). The molecule has 1 aromatic heterocycles. The molecule has 1 aromatic carbocycles. The Kier molecular flexibility index (Phi) is 4.76. The minimum atomic E-state index is 0.214. The minimum absolute atomic E-state index is 0.214. The number of benzene rings is 1. The average molecular weight is 361 g/mol. The van der Waals surface area contributed by atoms with Gasteiger partial charge in [0.2, 0.25) is 0 Å². The molecule has 0 bridgehead atoms. The highest BCUT2D eigenvalue weighted by Gasteiger charge is 2.12. The van der Waals surface area contributed by atoms with Crippen molar-refractivity contribution in [2.24, 2.45) is 0 Å². The lowest BCUT2D eigenvalue weighted by atomic mass is 10.2. The van der Waals surface area contributed by atoms with Crippen LogP contribution in [0.4, 0.5) is 5.69 Å². The van der Waals surface area contributed by atoms with Gasteiger partial charge < -0.3 is 10.1 Å². The Morgan fingerprint density at radius 1 is 1.37 bits per heavy atom. The zero-order chi connectivity index (χ0) is 14.0. The van der Waals surface area contributed by atoms with E-state index in [4.69, 9.17) is 16.3 Å². The molecule has 0 aliphatic heterocycles. The minimum Gasteiger partial charge on any atom is -0.495 e. The molecule has 0 spiro atoms. The molecule has 19 heavy (non-hydrogen) atoms. The standard InChI is InChI=1S/C14H15BrClNOS/c1-8-6-11(12(18-3)7-10(8)16)17-9(2)13-4-5-14(15)19-13/h4-7,9,17H,1-3H3. The van der Waals surface area contributed by atoms with Crippen molar-refractivity contribution in [3.05, 3.63) is 43.5 Å². The second-order valence-electron chi connectivity index (χ2n) is 4.31. The van der Waals surface area contributed by atoms with E-state index < -0.39 is 0 Å². The SMILES string of the molecule is COc1cc(Cl)c(C)cc1NC(C)c1ccc(Br)s1. The number of nitrogens with one attached hydrogen (secondary N) is 1. The van der Waals surface area contributed by atoms with Gasteiger partial charge in [-0.2, -0.15) is 0 Å². The van der Waals surface area contributed by atoms with E-state index in [0.29, 0.717) is 5.02 Å². The molecule has 2 nitrogen and oxygen atoms in total. The Bertz CT molecular complexity index is 585. The van der Waals surface area contributed by atoms with Crippen molar-refractivity contribution in [1.29, 1.82) is 0 Å². The third-order valence-electron chi connectivity index (χ3n) is 2.87. The van der Waals surface area contributed by atoms with E-state index in [1.165, 1.54) is 4.88 Å². The highest BCUT2D eigenvalue weighted by atomic mass is 79.9. The maximum atomic E-state index is 6.11. The Morgan fingerprint density at radius 3 is 2.68 bits per heavy atom. The number of hydrogen-bond acceptors (Lipinski definition) is 3. The van der Waals surface area contributed by atoms with Crippen molar-refractivity contribution in [2.75, 3.05) is 12.4 Å². The Hall–Kier alpha value is -0.710. The summed E-state index contributed by atoms with van der Waals surface area (Å²) in [7, 11) is 1.65. The van der Waals surface area contributed by atoms with Gasteiger partial charge in [0.1, 0.15) is 5.75 Å². The summed E-state index contributed by atoms with van der Waals surface area (Å²) in [5.74, 6) is 0.762. The van der Waals surface area contributed by atoms with Gasteiger partial charge in [-0.3, -0.25) is 0 Å². The summed E-state index contributed by atoms with van der Waals surface area (Å²) in [5.41, 5.74) is 1.99. The highest BCUT2D eigenvalue weighted by Crippen LogP contribution is 2.35. The van der Waals surface area contributed by atoms with Crippen molar-refractivity contribution in [1.82, 2.24) is 0 Å². The average Bonchev–Trinajstić information content (AvgIpc) is 2.80. The Labute approximate surface area is 130 Å². The Morgan fingerprint density at radius 2 is 2.11 bits per heavy atom. The van der Waals surface area contributed by atoms with E-state index in [9.17, 15) is 0 Å². The monoisotopic (exact) mass is 359 g/mol. The number of methoxy groups -OCH3 is 1. The van der Waals surface area contributed by atoms with Gasteiger partial charge in [-0.1, -0.05) is 11.6 Å². The zero-order valence-corrected chi connectivity index (χ0v) is 14.1. The fourth-order valence-corrected chi connectivity index (χ4v) is 3.39. The second kappa shape index (κ2) is 6.16. The van der Waals surface area contributed by atoms with E-state index in [1.54, 1.807) is 18.4 Å². The maximum absolute atomic E-state index is 6.11. The third-order valence-corrected chi connectivity index (χ3v) is 5.09. The lowest BCUT2D eigenvalue weighted by Gasteiger charge is -2.17. The Balaban J connectivity index is 2.25. The molecule has 0 saturated heterocycles. The van der Waals surface area contributed by atoms with Gasteiger partial charge in [-0.15, -0.1) is 11.3 Å². The van der Waals surface area contributed by atoms with Crippen molar-refractivity contribution in [2.45, 2.75) is 19.9 Å². The fraction of sp³-hybridized carbons (Fsp3) is 0.286. The van der Waals surface area contributed by atoms with E-state index in [-0.39, 0.29) is 6.04 Å². The predicted molar refractivity (Wildman–Crippen MR) is 86.8 cm³/mol. The van der Waals surface area contributed by atoms with Crippen molar-refractivity contribution in [3.8, 4) is 5.75 Å². The van der Waals surface area contributed by atoms with Crippen LogP contribution in [0.3, 0.4) is 0 Å². The summed E-state index contributed by atoms with van der Waals surface area (Å²) in [4.78, 5) is 1.27. The molecule has 1 atom stereocenters. The largest absolute Gasteiger partial charge is 0.495 e. The molecule has 0 saturated carbocycles. The van der Waals surface area contributed by atoms with Gasteiger partial charge >= 0.3 is 0 Å². The van der Waals surface area contributed by atoms with E-state index >= 15 is 0 Å². The third kappa shape index (κ3) is 3.44. The number of hydrogen-bond donors (Lipinski definition) is 1. The normalized spacial score (nSPS) is 12.3. The molecule has 0 radical (unpaired) electrons. The molecular formula is C14H15BrClNOS. The quantitative estimate of drug-likeness (QED) is 0.760. The zero-order valence-electron chi connectivity index (χ0n) is 11.0. The van der Waals surface area contributed by atoms with Crippen molar-refractivity contribution in [3.63, 3.8) is 0 Å². The first-order valence-electron chi connectivity index (χ1n) is 5.87. The number of anilines is 1. The number of thiophene rings is 1. The van der Waals surface area contributed by atoms with E-state index in [1.807, 2.05) is 19.1 Å². The van der Waals surface area contributed by atoms with Crippen molar-refractivity contribution >= 4 is 44.6 Å². The van der Waals surface area contributed by atoms with Crippen molar-refractivity contribution < 1.29 is 4.74 Å². The molecule has 2 aromatic rings. The lowest BCUT2D eigenvalue weighted by Crippen LogP contribution is -2.06. The summed E-state index contributed by atoms with van der Waals surface area (Å²) in [6, 6.07) is 8.24. The van der Waals surface area contributed by atoms with Gasteiger partial charge in [0, 0.05) is 16.0 Å².